The van der Waals surface area contributed by atoms with Gasteiger partial charge in [0, 0.05) is 11.1 Å². The Bertz CT molecular complexity index is 748. The van der Waals surface area contributed by atoms with Gasteiger partial charge in [0.2, 0.25) is 0 Å². The Labute approximate surface area is 150 Å². The molecule has 0 amide bonds. The summed E-state index contributed by atoms with van der Waals surface area (Å²) in [6.45, 7) is 6.12. The van der Waals surface area contributed by atoms with Crippen LogP contribution in [0.5, 0.6) is 5.75 Å². The van der Waals surface area contributed by atoms with Crippen LogP contribution in [0.2, 0.25) is 0 Å². The average Bonchev–Trinajstić information content (AvgIpc) is 2.69. The maximum absolute atomic E-state index is 6.46. The number of hydrogen-bond acceptors (Lipinski definition) is 1. The van der Waals surface area contributed by atoms with E-state index in [1.807, 2.05) is 18.2 Å². The fourth-order valence-corrected chi connectivity index (χ4v) is 3.01. The van der Waals surface area contributed by atoms with E-state index >= 15 is 0 Å². The summed E-state index contributed by atoms with van der Waals surface area (Å²) in [5, 5.41) is 0. The Kier molecular flexibility index (Phi) is 5.69. The molecule has 0 radical (unpaired) electrons. The highest BCUT2D eigenvalue weighted by Crippen LogP contribution is 2.39. The van der Waals surface area contributed by atoms with E-state index in [0.717, 1.165) is 40.8 Å². The van der Waals surface area contributed by atoms with Crippen LogP contribution in [-0.2, 0) is 0 Å². The summed E-state index contributed by atoms with van der Waals surface area (Å²) >= 11 is 0. The molecule has 0 aromatic heterocycles. The molecule has 0 heterocycles. The van der Waals surface area contributed by atoms with E-state index in [2.05, 4.69) is 80.2 Å². The molecule has 0 fully saturated rings. The molecule has 1 unspecified atom stereocenters. The summed E-state index contributed by atoms with van der Waals surface area (Å²) in [6.07, 6.45) is 3.93. The minimum absolute atomic E-state index is 0.0114. The van der Waals surface area contributed by atoms with Crippen molar-refractivity contribution in [1.82, 2.24) is 0 Å². The van der Waals surface area contributed by atoms with Crippen LogP contribution in [0, 0.1) is 0 Å². The number of ether oxygens (including phenoxy) is 1. The first-order valence-electron chi connectivity index (χ1n) is 8.86. The van der Waals surface area contributed by atoms with Crippen LogP contribution in [0.3, 0.4) is 0 Å². The van der Waals surface area contributed by atoms with E-state index in [9.17, 15) is 0 Å². The molecule has 0 aliphatic heterocycles. The van der Waals surface area contributed by atoms with E-state index in [1.165, 1.54) is 0 Å². The van der Waals surface area contributed by atoms with Crippen LogP contribution in [0.4, 0.5) is 0 Å². The minimum atomic E-state index is 0.0114. The van der Waals surface area contributed by atoms with Crippen molar-refractivity contribution < 1.29 is 4.74 Å². The van der Waals surface area contributed by atoms with Gasteiger partial charge in [0.05, 0.1) is 0 Å². The molecule has 1 heteroatoms. The molecule has 0 N–H and O–H groups in total. The zero-order valence-electron chi connectivity index (χ0n) is 14.7. The minimum Gasteiger partial charge on any atom is -0.485 e. The molecule has 0 saturated heterocycles. The third-order valence-corrected chi connectivity index (χ3v) is 4.29. The van der Waals surface area contributed by atoms with Gasteiger partial charge in [0.25, 0.3) is 0 Å². The number of rotatable bonds is 7. The zero-order chi connectivity index (χ0) is 17.5. The third-order valence-electron chi connectivity index (χ3n) is 4.29. The van der Waals surface area contributed by atoms with Crippen molar-refractivity contribution >= 4 is 0 Å². The highest BCUT2D eigenvalue weighted by Gasteiger charge is 2.16. The first kappa shape index (κ1) is 17.0. The van der Waals surface area contributed by atoms with Crippen LogP contribution in [-0.4, -0.2) is 6.10 Å². The fourth-order valence-electron chi connectivity index (χ4n) is 3.01. The lowest BCUT2D eigenvalue weighted by Gasteiger charge is -2.21. The first-order valence-corrected chi connectivity index (χ1v) is 8.86. The Morgan fingerprint density at radius 2 is 1.32 bits per heavy atom. The van der Waals surface area contributed by atoms with Crippen molar-refractivity contribution in [1.29, 1.82) is 0 Å². The highest BCUT2D eigenvalue weighted by molar-refractivity contribution is 5.82. The number of para-hydroxylation sites is 1. The fraction of sp³-hybridized carbons (Fsp3) is 0.167. The monoisotopic (exact) mass is 328 g/mol. The molecule has 1 atom stereocenters. The van der Waals surface area contributed by atoms with E-state index in [4.69, 9.17) is 4.74 Å². The largest absolute Gasteiger partial charge is 0.485 e. The molecule has 0 spiro atoms. The Morgan fingerprint density at radius 1 is 0.800 bits per heavy atom. The van der Waals surface area contributed by atoms with Crippen molar-refractivity contribution in [2.75, 3.05) is 0 Å². The normalized spacial score (nSPS) is 11.7. The molecule has 3 rings (SSSR count). The summed E-state index contributed by atoms with van der Waals surface area (Å²) in [5.74, 6) is 0.929. The van der Waals surface area contributed by atoms with Crippen molar-refractivity contribution in [2.24, 2.45) is 0 Å². The van der Waals surface area contributed by atoms with Crippen molar-refractivity contribution in [3.63, 3.8) is 0 Å². The van der Waals surface area contributed by atoms with Gasteiger partial charge in [-0.25, -0.2) is 0 Å². The molecule has 3 aromatic rings. The van der Waals surface area contributed by atoms with Gasteiger partial charge in [0.1, 0.15) is 11.9 Å². The predicted molar refractivity (Wildman–Crippen MR) is 107 cm³/mol. The van der Waals surface area contributed by atoms with Crippen LogP contribution < -0.4 is 4.74 Å². The van der Waals surface area contributed by atoms with Crippen molar-refractivity contribution in [3.05, 3.63) is 91.5 Å². The molecular formula is C24H24O. The molecule has 0 bridgehead atoms. The molecular weight excluding hydrogens is 304 g/mol. The van der Waals surface area contributed by atoms with Crippen LogP contribution in [0.15, 0.2) is 91.5 Å². The molecule has 126 valence electrons. The summed E-state index contributed by atoms with van der Waals surface area (Å²) < 4.78 is 6.46. The van der Waals surface area contributed by atoms with Gasteiger partial charge in [-0.05, 0) is 17.5 Å². The second kappa shape index (κ2) is 8.34. The SMILES string of the molecule is C=CC(CCC)Oc1c(-c2ccccc2)cccc1-c1ccccc1. The Balaban J connectivity index is 2.14. The van der Waals surface area contributed by atoms with Gasteiger partial charge in [-0.3, -0.25) is 0 Å². The smallest absolute Gasteiger partial charge is 0.135 e. The summed E-state index contributed by atoms with van der Waals surface area (Å²) in [5.41, 5.74) is 4.55. The lowest BCUT2D eigenvalue weighted by Crippen LogP contribution is -2.14. The van der Waals surface area contributed by atoms with E-state index in [0.29, 0.717) is 0 Å². The molecule has 3 aromatic carbocycles. The Morgan fingerprint density at radius 3 is 1.76 bits per heavy atom. The zero-order valence-corrected chi connectivity index (χ0v) is 14.7. The maximum atomic E-state index is 6.46. The Hall–Kier alpha value is -2.80. The van der Waals surface area contributed by atoms with Gasteiger partial charge >= 0.3 is 0 Å². The first-order chi connectivity index (χ1) is 12.3. The lowest BCUT2D eigenvalue weighted by atomic mass is 9.97. The van der Waals surface area contributed by atoms with Gasteiger partial charge in [-0.15, -0.1) is 0 Å². The van der Waals surface area contributed by atoms with E-state index in [1.54, 1.807) is 0 Å². The number of hydrogen-bond donors (Lipinski definition) is 0. The summed E-state index contributed by atoms with van der Waals surface area (Å²) in [7, 11) is 0. The van der Waals surface area contributed by atoms with Crippen molar-refractivity contribution in [3.8, 4) is 28.0 Å². The second-order valence-corrected chi connectivity index (χ2v) is 6.09. The van der Waals surface area contributed by atoms with Gasteiger partial charge in [0.15, 0.2) is 0 Å². The molecule has 0 saturated carbocycles. The maximum Gasteiger partial charge on any atom is 0.135 e. The van der Waals surface area contributed by atoms with Crippen LogP contribution >= 0.6 is 0 Å². The molecule has 0 aliphatic carbocycles. The van der Waals surface area contributed by atoms with E-state index < -0.39 is 0 Å². The van der Waals surface area contributed by atoms with Gasteiger partial charge in [-0.2, -0.15) is 0 Å². The van der Waals surface area contributed by atoms with Crippen LogP contribution in [0.1, 0.15) is 19.8 Å². The summed E-state index contributed by atoms with van der Waals surface area (Å²) in [6, 6.07) is 27.2. The quantitative estimate of drug-likeness (QED) is 0.436. The number of benzene rings is 3. The second-order valence-electron chi connectivity index (χ2n) is 6.09. The molecule has 25 heavy (non-hydrogen) atoms. The standard InChI is InChI=1S/C24H24O/c1-3-12-21(4-2)25-24-22(19-13-7-5-8-14-19)17-11-18-23(24)20-15-9-6-10-16-20/h4-11,13-18,21H,2-3,12H2,1H3. The average molecular weight is 328 g/mol. The highest BCUT2D eigenvalue weighted by atomic mass is 16.5. The third kappa shape index (κ3) is 4.00. The molecule has 1 nitrogen and oxygen atoms in total. The van der Waals surface area contributed by atoms with Gasteiger partial charge < -0.3 is 4.74 Å². The van der Waals surface area contributed by atoms with Gasteiger partial charge in [-0.1, -0.05) is 105 Å². The topological polar surface area (TPSA) is 9.23 Å². The van der Waals surface area contributed by atoms with Crippen LogP contribution in [0.25, 0.3) is 22.3 Å². The van der Waals surface area contributed by atoms with Crippen molar-refractivity contribution in [2.45, 2.75) is 25.9 Å². The predicted octanol–water partition coefficient (Wildman–Crippen LogP) is 6.75. The lowest BCUT2D eigenvalue weighted by molar-refractivity contribution is 0.240. The molecule has 0 aliphatic rings. The van der Waals surface area contributed by atoms with E-state index in [-0.39, 0.29) is 6.10 Å². The summed E-state index contributed by atoms with van der Waals surface area (Å²) in [4.78, 5) is 0.